The zero-order valence-corrected chi connectivity index (χ0v) is 6.30. The van der Waals surface area contributed by atoms with E-state index >= 15 is 0 Å². The summed E-state index contributed by atoms with van der Waals surface area (Å²) in [6, 6.07) is 1.81. The van der Waals surface area contributed by atoms with Crippen LogP contribution in [0.5, 0.6) is 0 Å². The van der Waals surface area contributed by atoms with E-state index in [4.69, 9.17) is 19.4 Å². The van der Waals surface area contributed by atoms with E-state index in [1.165, 1.54) is 11.3 Å². The second-order valence-electron chi connectivity index (χ2n) is 1.58. The zero-order chi connectivity index (χ0) is 6.85. The van der Waals surface area contributed by atoms with Crippen LogP contribution in [-0.2, 0) is 0 Å². The first-order chi connectivity index (χ1) is 4.24. The summed E-state index contributed by atoms with van der Waals surface area (Å²) in [5.74, 6) is 0. The molecule has 0 nitrogen and oxygen atoms in total. The van der Waals surface area contributed by atoms with Gasteiger partial charge in [0.25, 0.3) is 0 Å². The van der Waals surface area contributed by atoms with Gasteiger partial charge in [0.05, 0.1) is 4.34 Å². The van der Waals surface area contributed by atoms with Crippen molar-refractivity contribution in [1.82, 2.24) is 0 Å². The minimum atomic E-state index is 0.636. The van der Waals surface area contributed by atoms with Crippen LogP contribution in [0.15, 0.2) is 12.6 Å². The Hall–Kier alpha value is -0.205. The molecule has 1 heterocycles. The van der Waals surface area contributed by atoms with Gasteiger partial charge in [0.1, 0.15) is 7.85 Å². The third kappa shape index (κ3) is 1.38. The molecule has 1 rings (SSSR count). The van der Waals surface area contributed by atoms with Crippen LogP contribution in [0.4, 0.5) is 0 Å². The maximum Gasteiger partial charge on any atom is 0.117 e. The molecule has 0 N–H and O–H groups in total. The standard InChI is InChI=1S/C6H4BClS/c1-2-4-3-5(7)6(8)9-4/h2-3H,1H2. The summed E-state index contributed by atoms with van der Waals surface area (Å²) >= 11 is 7.09. The summed E-state index contributed by atoms with van der Waals surface area (Å²) < 4.78 is 0.643. The Labute approximate surface area is 64.6 Å². The fraction of sp³-hybridized carbons (Fsp3) is 0. The average Bonchev–Trinajstić information content (AvgIpc) is 2.13. The van der Waals surface area contributed by atoms with Crippen molar-refractivity contribution in [3.8, 4) is 0 Å². The van der Waals surface area contributed by atoms with E-state index in [2.05, 4.69) is 6.58 Å². The molecule has 0 saturated carbocycles. The molecule has 0 fully saturated rings. The number of halogens is 1. The van der Waals surface area contributed by atoms with Crippen molar-refractivity contribution in [2.45, 2.75) is 0 Å². The molecule has 0 aliphatic heterocycles. The van der Waals surface area contributed by atoms with E-state index in [1.807, 2.05) is 0 Å². The van der Waals surface area contributed by atoms with Gasteiger partial charge in [0.2, 0.25) is 0 Å². The van der Waals surface area contributed by atoms with Crippen molar-refractivity contribution < 1.29 is 0 Å². The Morgan fingerprint density at radius 2 is 2.44 bits per heavy atom. The number of hydrogen-bond acceptors (Lipinski definition) is 1. The van der Waals surface area contributed by atoms with E-state index in [0.29, 0.717) is 9.80 Å². The van der Waals surface area contributed by atoms with Crippen LogP contribution in [0.1, 0.15) is 4.88 Å². The fourth-order valence-corrected chi connectivity index (χ4v) is 1.48. The van der Waals surface area contributed by atoms with Gasteiger partial charge in [-0.25, -0.2) is 0 Å². The Balaban J connectivity index is 3.11. The van der Waals surface area contributed by atoms with E-state index in [0.717, 1.165) is 4.88 Å². The quantitative estimate of drug-likeness (QED) is 0.542. The normalized spacial score (nSPS) is 9.44. The highest BCUT2D eigenvalue weighted by Crippen LogP contribution is 2.18. The van der Waals surface area contributed by atoms with Gasteiger partial charge in [-0.1, -0.05) is 29.7 Å². The lowest BCUT2D eigenvalue weighted by molar-refractivity contribution is 2.05. The van der Waals surface area contributed by atoms with Crippen molar-refractivity contribution in [2.24, 2.45) is 0 Å². The molecular weight excluding hydrogens is 150 g/mol. The molecule has 9 heavy (non-hydrogen) atoms. The summed E-state index contributed by atoms with van der Waals surface area (Å²) in [7, 11) is 5.45. The molecule has 3 heteroatoms. The number of rotatable bonds is 1. The van der Waals surface area contributed by atoms with Crippen LogP contribution >= 0.6 is 22.9 Å². The first kappa shape index (κ1) is 6.91. The van der Waals surface area contributed by atoms with Crippen molar-refractivity contribution >= 4 is 42.3 Å². The topological polar surface area (TPSA) is 0 Å². The zero-order valence-electron chi connectivity index (χ0n) is 4.73. The Bertz CT molecular complexity index is 209. The molecule has 1 aromatic rings. The lowest BCUT2D eigenvalue weighted by atomic mass is 10.0. The predicted molar refractivity (Wildman–Crippen MR) is 44.8 cm³/mol. The predicted octanol–water partition coefficient (Wildman–Crippen LogP) is 1.84. The van der Waals surface area contributed by atoms with Gasteiger partial charge in [-0.15, -0.1) is 11.3 Å². The fourth-order valence-electron chi connectivity index (χ4n) is 0.502. The maximum absolute atomic E-state index is 5.65. The average molecular weight is 154 g/mol. The van der Waals surface area contributed by atoms with E-state index in [9.17, 15) is 0 Å². The van der Waals surface area contributed by atoms with Crippen LogP contribution in [0.3, 0.4) is 0 Å². The molecule has 0 aliphatic rings. The van der Waals surface area contributed by atoms with Crippen LogP contribution in [0.2, 0.25) is 4.34 Å². The second-order valence-corrected chi connectivity index (χ2v) is 3.27. The number of hydrogen-bond donors (Lipinski definition) is 0. The van der Waals surface area contributed by atoms with Gasteiger partial charge in [0, 0.05) is 4.88 Å². The van der Waals surface area contributed by atoms with Gasteiger partial charge in [0.15, 0.2) is 0 Å². The van der Waals surface area contributed by atoms with Crippen LogP contribution < -0.4 is 5.46 Å². The number of thiophene rings is 1. The summed E-state index contributed by atoms with van der Waals surface area (Å²) in [4.78, 5) is 1.01. The van der Waals surface area contributed by atoms with Gasteiger partial charge < -0.3 is 0 Å². The summed E-state index contributed by atoms with van der Waals surface area (Å²) in [6.45, 7) is 3.58. The first-order valence-electron chi connectivity index (χ1n) is 2.41. The van der Waals surface area contributed by atoms with Gasteiger partial charge in [-0.05, 0) is 6.07 Å². The second kappa shape index (κ2) is 2.59. The molecule has 0 aromatic carbocycles. The lowest BCUT2D eigenvalue weighted by Crippen LogP contribution is -1.95. The van der Waals surface area contributed by atoms with Crippen LogP contribution in [-0.4, -0.2) is 7.85 Å². The highest BCUT2D eigenvalue weighted by Gasteiger charge is 1.97. The molecule has 0 atom stereocenters. The Kier molecular flexibility index (Phi) is 1.99. The molecule has 0 aliphatic carbocycles. The highest BCUT2D eigenvalue weighted by atomic mass is 35.5. The third-order valence-corrected chi connectivity index (χ3v) is 2.32. The van der Waals surface area contributed by atoms with Gasteiger partial charge in [-0.3, -0.25) is 0 Å². The smallest absolute Gasteiger partial charge is 0.117 e. The van der Waals surface area contributed by atoms with Gasteiger partial charge in [-0.2, -0.15) is 0 Å². The van der Waals surface area contributed by atoms with E-state index in [-0.39, 0.29) is 0 Å². The third-order valence-electron chi connectivity index (χ3n) is 0.933. The minimum absolute atomic E-state index is 0.636. The van der Waals surface area contributed by atoms with Crippen molar-refractivity contribution in [2.75, 3.05) is 0 Å². The van der Waals surface area contributed by atoms with E-state index < -0.39 is 0 Å². The van der Waals surface area contributed by atoms with Crippen molar-refractivity contribution in [3.05, 3.63) is 21.9 Å². The Morgan fingerprint density at radius 3 is 2.67 bits per heavy atom. The van der Waals surface area contributed by atoms with E-state index in [1.54, 1.807) is 12.1 Å². The molecule has 0 unspecified atom stereocenters. The molecular formula is C6H4BClS. The first-order valence-corrected chi connectivity index (χ1v) is 3.60. The maximum atomic E-state index is 5.65. The Morgan fingerprint density at radius 1 is 1.78 bits per heavy atom. The minimum Gasteiger partial charge on any atom is -0.125 e. The largest absolute Gasteiger partial charge is 0.125 e. The SMILES string of the molecule is [B]c1cc(C=C)sc1Cl. The highest BCUT2D eigenvalue weighted by molar-refractivity contribution is 7.18. The summed E-state index contributed by atoms with van der Waals surface area (Å²) in [5.41, 5.74) is 0.636. The molecule has 0 saturated heterocycles. The lowest BCUT2D eigenvalue weighted by Gasteiger charge is -1.76. The monoisotopic (exact) mass is 154 g/mol. The molecule has 0 bridgehead atoms. The van der Waals surface area contributed by atoms with Crippen molar-refractivity contribution in [1.29, 1.82) is 0 Å². The van der Waals surface area contributed by atoms with Gasteiger partial charge >= 0.3 is 0 Å². The molecule has 0 spiro atoms. The molecule has 0 amide bonds. The van der Waals surface area contributed by atoms with Crippen LogP contribution in [0.25, 0.3) is 6.08 Å². The molecule has 44 valence electrons. The summed E-state index contributed by atoms with van der Waals surface area (Å²) in [6.07, 6.45) is 1.73. The summed E-state index contributed by atoms with van der Waals surface area (Å²) in [5, 5.41) is 0. The van der Waals surface area contributed by atoms with Crippen molar-refractivity contribution in [3.63, 3.8) is 0 Å². The molecule has 1 aromatic heterocycles. The molecule has 2 radical (unpaired) electrons. The van der Waals surface area contributed by atoms with Crippen LogP contribution in [0, 0.1) is 0 Å².